The molecule has 0 spiro atoms. The van der Waals surface area contributed by atoms with Crippen LogP contribution >= 0.6 is 24.0 Å². The van der Waals surface area contributed by atoms with Crippen LogP contribution in [0.2, 0.25) is 0 Å². The number of aromatic nitrogens is 1. The van der Waals surface area contributed by atoms with Gasteiger partial charge in [-0.15, -0.1) is 24.0 Å². The third-order valence-corrected chi connectivity index (χ3v) is 8.85. The molecule has 3 aromatic rings. The molecular formula is C23H25N5O3S3. The average molecular weight is 516 g/mol. The van der Waals surface area contributed by atoms with Gasteiger partial charge in [0.05, 0.1) is 26.7 Å². The van der Waals surface area contributed by atoms with Crippen molar-refractivity contribution in [3.8, 4) is 6.07 Å². The molecule has 0 saturated carbocycles. The van der Waals surface area contributed by atoms with Gasteiger partial charge in [0.15, 0.2) is 0 Å². The molecule has 178 valence electrons. The van der Waals surface area contributed by atoms with Crippen molar-refractivity contribution >= 4 is 55.9 Å². The molecule has 4 rings (SSSR count). The van der Waals surface area contributed by atoms with Gasteiger partial charge in [-0.25, -0.2) is 18.2 Å². The smallest absolute Gasteiger partial charge is 0.322 e. The van der Waals surface area contributed by atoms with Crippen molar-refractivity contribution in [2.75, 3.05) is 18.0 Å². The number of hydrogen-bond acceptors (Lipinski definition) is 7. The second-order valence-electron chi connectivity index (χ2n) is 8.38. The van der Waals surface area contributed by atoms with Gasteiger partial charge >= 0.3 is 6.03 Å². The maximum absolute atomic E-state index is 13.2. The molecule has 1 saturated heterocycles. The predicted octanol–water partition coefficient (Wildman–Crippen LogP) is 4.23. The van der Waals surface area contributed by atoms with Crippen molar-refractivity contribution in [3.05, 3.63) is 48.0 Å². The van der Waals surface area contributed by atoms with Crippen molar-refractivity contribution in [3.63, 3.8) is 0 Å². The van der Waals surface area contributed by atoms with Crippen LogP contribution in [0.1, 0.15) is 32.3 Å². The van der Waals surface area contributed by atoms with Gasteiger partial charge in [0, 0.05) is 30.9 Å². The fourth-order valence-electron chi connectivity index (χ4n) is 4.06. The second-order valence-corrected chi connectivity index (χ2v) is 12.1. The summed E-state index contributed by atoms with van der Waals surface area (Å²) in [7, 11) is -3.69. The maximum atomic E-state index is 13.2. The molecule has 0 atom stereocenters. The first-order chi connectivity index (χ1) is 16.2. The molecule has 1 aromatic heterocycles. The molecule has 1 fully saturated rings. The fourth-order valence-corrected chi connectivity index (χ4v) is 6.72. The Balaban J connectivity index is 1.43. The Kier molecular flexibility index (Phi) is 7.14. The van der Waals surface area contributed by atoms with E-state index in [1.54, 1.807) is 17.0 Å². The minimum absolute atomic E-state index is 0.0753. The molecule has 0 radical (unpaired) electrons. The van der Waals surface area contributed by atoms with Crippen molar-refractivity contribution in [1.29, 1.82) is 5.26 Å². The van der Waals surface area contributed by atoms with Crippen molar-refractivity contribution in [2.45, 2.75) is 48.0 Å². The van der Waals surface area contributed by atoms with Crippen LogP contribution in [-0.2, 0) is 10.0 Å². The first kappa shape index (κ1) is 24.5. The van der Waals surface area contributed by atoms with Gasteiger partial charge in [-0.1, -0.05) is 6.07 Å². The number of fused-ring (bicyclic) bond motifs is 1. The number of nitrogens with zero attached hydrogens (tertiary/aromatic N) is 4. The highest BCUT2D eigenvalue weighted by Gasteiger charge is 2.31. The average Bonchev–Trinajstić information content (AvgIpc) is 3.18. The van der Waals surface area contributed by atoms with E-state index in [0.29, 0.717) is 35.8 Å². The lowest BCUT2D eigenvalue weighted by atomic mass is 10.1. The molecule has 8 nitrogen and oxygen atoms in total. The van der Waals surface area contributed by atoms with E-state index in [4.69, 9.17) is 5.26 Å². The van der Waals surface area contributed by atoms with Gasteiger partial charge in [-0.3, -0.25) is 4.90 Å². The number of anilines is 1. The quantitative estimate of drug-likeness (QED) is 0.495. The summed E-state index contributed by atoms with van der Waals surface area (Å²) in [4.78, 5) is 19.4. The Morgan fingerprint density at radius 2 is 2.00 bits per heavy atom. The minimum atomic E-state index is -3.69. The largest absolute Gasteiger partial charge is 0.335 e. The number of benzene rings is 2. The van der Waals surface area contributed by atoms with Crippen molar-refractivity contribution < 1.29 is 13.2 Å². The van der Waals surface area contributed by atoms with E-state index in [1.165, 1.54) is 27.8 Å². The summed E-state index contributed by atoms with van der Waals surface area (Å²) in [5, 5.41) is 12.1. The molecule has 0 bridgehead atoms. The van der Waals surface area contributed by atoms with Crippen LogP contribution in [-0.4, -0.2) is 48.9 Å². The molecule has 2 heterocycles. The normalized spacial score (nSPS) is 15.4. The van der Waals surface area contributed by atoms with Gasteiger partial charge in [-0.2, -0.15) is 9.57 Å². The number of thiol groups is 1. The Morgan fingerprint density at radius 1 is 1.26 bits per heavy atom. The number of piperidine rings is 1. The Bertz CT molecular complexity index is 1360. The zero-order chi connectivity index (χ0) is 24.5. The molecule has 2 aromatic carbocycles. The van der Waals surface area contributed by atoms with Crippen LogP contribution in [0.3, 0.4) is 0 Å². The Labute approximate surface area is 208 Å². The van der Waals surface area contributed by atoms with Gasteiger partial charge in [0.25, 0.3) is 0 Å². The van der Waals surface area contributed by atoms with E-state index in [2.05, 4.69) is 22.9 Å². The molecule has 0 unspecified atom stereocenters. The van der Waals surface area contributed by atoms with Crippen LogP contribution in [0.5, 0.6) is 0 Å². The van der Waals surface area contributed by atoms with E-state index < -0.39 is 10.0 Å². The summed E-state index contributed by atoms with van der Waals surface area (Å²) in [6.45, 7) is 4.49. The number of urea groups is 1. The highest BCUT2D eigenvalue weighted by Crippen LogP contribution is 2.30. The van der Waals surface area contributed by atoms with Crippen molar-refractivity contribution in [2.24, 2.45) is 0 Å². The monoisotopic (exact) mass is 515 g/mol. The number of carbonyl (C=O) groups is 1. The second kappa shape index (κ2) is 9.92. The third-order valence-electron chi connectivity index (χ3n) is 5.76. The number of sulfonamides is 1. The van der Waals surface area contributed by atoms with E-state index in [9.17, 15) is 13.2 Å². The summed E-state index contributed by atoms with van der Waals surface area (Å²) in [6.07, 6.45) is 1.01. The molecule has 1 N–H and O–H groups in total. The van der Waals surface area contributed by atoms with Gasteiger partial charge in [-0.05, 0) is 63.1 Å². The third kappa shape index (κ3) is 5.05. The SMILES string of the molecule is CC(C)N(C(=O)NC1CCN(S(=O)(=O)c2cccc(C#N)c2)CC1)c1ccc2nc(S)sc2c1. The lowest BCUT2D eigenvalue weighted by Crippen LogP contribution is -2.51. The van der Waals surface area contributed by atoms with E-state index in [1.807, 2.05) is 38.1 Å². The van der Waals surface area contributed by atoms with Gasteiger partial charge < -0.3 is 5.32 Å². The van der Waals surface area contributed by atoms with Gasteiger partial charge in [0.2, 0.25) is 10.0 Å². The molecule has 11 heteroatoms. The molecule has 1 aliphatic rings. The molecule has 2 amide bonds. The van der Waals surface area contributed by atoms with Crippen LogP contribution < -0.4 is 10.2 Å². The number of nitriles is 1. The summed E-state index contributed by atoms with van der Waals surface area (Å²) in [5.41, 5.74) is 1.92. The number of hydrogen-bond donors (Lipinski definition) is 2. The molecule has 0 aliphatic carbocycles. The zero-order valence-electron chi connectivity index (χ0n) is 18.8. The molecule has 1 aliphatic heterocycles. The summed E-state index contributed by atoms with van der Waals surface area (Å²) < 4.78 is 29.0. The summed E-state index contributed by atoms with van der Waals surface area (Å²) in [5.74, 6) is 0. The Morgan fingerprint density at radius 3 is 2.68 bits per heavy atom. The van der Waals surface area contributed by atoms with Crippen LogP contribution in [0, 0.1) is 11.3 Å². The number of nitrogens with one attached hydrogen (secondary N) is 1. The van der Waals surface area contributed by atoms with Crippen LogP contribution in [0.15, 0.2) is 51.7 Å². The van der Waals surface area contributed by atoms with E-state index in [0.717, 1.165) is 15.9 Å². The molecule has 34 heavy (non-hydrogen) atoms. The number of carbonyl (C=O) groups excluding carboxylic acids is 1. The lowest BCUT2D eigenvalue weighted by Gasteiger charge is -2.34. The van der Waals surface area contributed by atoms with E-state index >= 15 is 0 Å². The number of rotatable bonds is 5. The van der Waals surface area contributed by atoms with Crippen molar-refractivity contribution in [1.82, 2.24) is 14.6 Å². The summed E-state index contributed by atoms with van der Waals surface area (Å²) >= 11 is 5.77. The predicted molar refractivity (Wildman–Crippen MR) is 136 cm³/mol. The fraction of sp³-hybridized carbons (Fsp3) is 0.348. The zero-order valence-corrected chi connectivity index (χ0v) is 21.3. The van der Waals surface area contributed by atoms with Crippen LogP contribution in [0.25, 0.3) is 10.2 Å². The van der Waals surface area contributed by atoms with E-state index in [-0.39, 0.29) is 23.0 Å². The first-order valence-electron chi connectivity index (χ1n) is 10.9. The lowest BCUT2D eigenvalue weighted by molar-refractivity contribution is 0.231. The highest BCUT2D eigenvalue weighted by atomic mass is 32.2. The minimum Gasteiger partial charge on any atom is -0.335 e. The van der Waals surface area contributed by atoms with Gasteiger partial charge in [0.1, 0.15) is 4.34 Å². The topological polar surface area (TPSA) is 106 Å². The maximum Gasteiger partial charge on any atom is 0.322 e. The Hall–Kier alpha value is -2.65. The van der Waals surface area contributed by atoms with Crippen LogP contribution in [0.4, 0.5) is 10.5 Å². The molecular weight excluding hydrogens is 490 g/mol. The highest BCUT2D eigenvalue weighted by molar-refractivity contribution is 7.89. The number of amides is 2. The first-order valence-corrected chi connectivity index (χ1v) is 13.6. The summed E-state index contributed by atoms with van der Waals surface area (Å²) in [6, 6.07) is 13.3. The number of thiazole rings is 1. The standard InChI is InChI=1S/C23H25N5O3S3/c1-15(2)28(18-6-7-20-21(13-18)33-23(32)26-20)22(29)25-17-8-10-27(11-9-17)34(30,31)19-5-3-4-16(12-19)14-24/h3-7,12-13,15,17H,8-11H2,1-2H3,(H,25,29)(H,26,32).